The van der Waals surface area contributed by atoms with Gasteiger partial charge in [0.2, 0.25) is 0 Å². The Bertz CT molecular complexity index is 627. The molecule has 0 aliphatic heterocycles. The van der Waals surface area contributed by atoms with Crippen molar-refractivity contribution in [2.45, 2.75) is 13.5 Å². The molecule has 0 aliphatic carbocycles. The van der Waals surface area contributed by atoms with E-state index in [4.69, 9.17) is 9.47 Å². The summed E-state index contributed by atoms with van der Waals surface area (Å²) in [6.45, 7) is 2.31. The molecule has 0 saturated carbocycles. The first kappa shape index (κ1) is 14.8. The van der Waals surface area contributed by atoms with Gasteiger partial charge in [0.15, 0.2) is 0 Å². The molecule has 1 aromatic heterocycles. The highest BCUT2D eigenvalue weighted by molar-refractivity contribution is 5.93. The van der Waals surface area contributed by atoms with E-state index in [1.54, 1.807) is 38.7 Å². The second-order valence-corrected chi connectivity index (χ2v) is 4.50. The fourth-order valence-corrected chi connectivity index (χ4v) is 2.16. The number of ether oxygens (including phenoxy) is 2. The van der Waals surface area contributed by atoms with Crippen molar-refractivity contribution in [2.75, 3.05) is 14.2 Å². The summed E-state index contributed by atoms with van der Waals surface area (Å²) in [7, 11) is 3.22. The summed E-state index contributed by atoms with van der Waals surface area (Å²) >= 11 is 0. The molecule has 1 amide bonds. The number of nitrogens with one attached hydrogen (secondary N) is 1. The van der Waals surface area contributed by atoms with Gasteiger partial charge < -0.3 is 14.8 Å². The molecule has 0 atom stereocenters. The molecule has 0 spiro atoms. The third-order valence-corrected chi connectivity index (χ3v) is 3.24. The normalized spacial score (nSPS) is 10.0. The third kappa shape index (κ3) is 3.31. The first-order chi connectivity index (χ1) is 10.2. The van der Waals surface area contributed by atoms with Crippen LogP contribution in [0, 0.1) is 6.92 Å². The van der Waals surface area contributed by atoms with Gasteiger partial charge in [0.25, 0.3) is 5.91 Å². The van der Waals surface area contributed by atoms with Crippen LogP contribution in [0.3, 0.4) is 0 Å². The standard InChI is InChI=1S/C16H18N2O3/c1-11-14(20-2)5-4-13(15(11)21-3)10-18-16(19)12-6-8-17-9-7-12/h4-9H,10H2,1-3H3,(H,18,19). The van der Waals surface area contributed by atoms with Crippen molar-refractivity contribution in [3.05, 3.63) is 53.3 Å². The van der Waals surface area contributed by atoms with Crippen LogP contribution < -0.4 is 14.8 Å². The van der Waals surface area contributed by atoms with Gasteiger partial charge in [-0.05, 0) is 31.2 Å². The zero-order valence-corrected chi connectivity index (χ0v) is 12.3. The maximum Gasteiger partial charge on any atom is 0.251 e. The number of hydrogen-bond acceptors (Lipinski definition) is 4. The lowest BCUT2D eigenvalue weighted by Gasteiger charge is -2.15. The molecule has 0 radical (unpaired) electrons. The molecule has 0 bridgehead atoms. The van der Waals surface area contributed by atoms with Crippen LogP contribution in [0.4, 0.5) is 0 Å². The average Bonchev–Trinajstić information content (AvgIpc) is 2.53. The molecule has 110 valence electrons. The fourth-order valence-electron chi connectivity index (χ4n) is 2.16. The van der Waals surface area contributed by atoms with Crippen LogP contribution in [0.25, 0.3) is 0 Å². The summed E-state index contributed by atoms with van der Waals surface area (Å²) in [5, 5.41) is 2.87. The quantitative estimate of drug-likeness (QED) is 0.916. The van der Waals surface area contributed by atoms with E-state index in [1.807, 2.05) is 19.1 Å². The van der Waals surface area contributed by atoms with E-state index in [0.717, 1.165) is 22.6 Å². The minimum atomic E-state index is -0.145. The van der Waals surface area contributed by atoms with Crippen molar-refractivity contribution in [3.8, 4) is 11.5 Å². The molecule has 0 aliphatic rings. The van der Waals surface area contributed by atoms with Gasteiger partial charge in [-0.25, -0.2) is 0 Å². The molecule has 5 nitrogen and oxygen atoms in total. The second-order valence-electron chi connectivity index (χ2n) is 4.50. The summed E-state index contributed by atoms with van der Waals surface area (Å²) < 4.78 is 10.7. The minimum Gasteiger partial charge on any atom is -0.496 e. The topological polar surface area (TPSA) is 60.5 Å². The van der Waals surface area contributed by atoms with Crippen molar-refractivity contribution < 1.29 is 14.3 Å². The van der Waals surface area contributed by atoms with Gasteiger partial charge in [-0.1, -0.05) is 0 Å². The van der Waals surface area contributed by atoms with Gasteiger partial charge in [-0.15, -0.1) is 0 Å². The largest absolute Gasteiger partial charge is 0.496 e. The summed E-state index contributed by atoms with van der Waals surface area (Å²) in [6, 6.07) is 7.10. The van der Waals surface area contributed by atoms with E-state index in [1.165, 1.54) is 0 Å². The Morgan fingerprint density at radius 2 is 1.86 bits per heavy atom. The molecule has 2 aromatic rings. The van der Waals surface area contributed by atoms with Gasteiger partial charge in [0.1, 0.15) is 11.5 Å². The molecule has 0 fully saturated rings. The van der Waals surface area contributed by atoms with Crippen LogP contribution in [0.5, 0.6) is 11.5 Å². The zero-order chi connectivity index (χ0) is 15.2. The predicted octanol–water partition coefficient (Wildman–Crippen LogP) is 2.34. The van der Waals surface area contributed by atoms with Crippen LogP contribution in [-0.2, 0) is 6.54 Å². The number of amides is 1. The zero-order valence-electron chi connectivity index (χ0n) is 12.3. The predicted molar refractivity (Wildman–Crippen MR) is 79.7 cm³/mol. The number of aromatic nitrogens is 1. The molecular weight excluding hydrogens is 268 g/mol. The molecular formula is C16H18N2O3. The number of benzene rings is 1. The van der Waals surface area contributed by atoms with Crippen molar-refractivity contribution in [1.29, 1.82) is 0 Å². The van der Waals surface area contributed by atoms with Crippen LogP contribution in [0.2, 0.25) is 0 Å². The van der Waals surface area contributed by atoms with Crippen LogP contribution in [-0.4, -0.2) is 25.1 Å². The molecule has 0 saturated heterocycles. The summed E-state index contributed by atoms with van der Waals surface area (Å²) in [5.74, 6) is 1.34. The number of hydrogen-bond donors (Lipinski definition) is 1. The highest BCUT2D eigenvalue weighted by atomic mass is 16.5. The Balaban J connectivity index is 2.13. The van der Waals surface area contributed by atoms with Gasteiger partial charge in [0.05, 0.1) is 14.2 Å². The summed E-state index contributed by atoms with van der Waals surface area (Å²) in [4.78, 5) is 15.9. The first-order valence-electron chi connectivity index (χ1n) is 6.56. The highest BCUT2D eigenvalue weighted by Gasteiger charge is 2.12. The first-order valence-corrected chi connectivity index (χ1v) is 6.56. The summed E-state index contributed by atoms with van der Waals surface area (Å²) in [6.07, 6.45) is 3.18. The van der Waals surface area contributed by atoms with Crippen LogP contribution >= 0.6 is 0 Å². The smallest absolute Gasteiger partial charge is 0.251 e. The number of carbonyl (C=O) groups is 1. The van der Waals surface area contributed by atoms with Crippen molar-refractivity contribution >= 4 is 5.91 Å². The van der Waals surface area contributed by atoms with Crippen LogP contribution in [0.15, 0.2) is 36.7 Å². The third-order valence-electron chi connectivity index (χ3n) is 3.24. The lowest BCUT2D eigenvalue weighted by atomic mass is 10.1. The van der Waals surface area contributed by atoms with Crippen LogP contribution in [0.1, 0.15) is 21.5 Å². The van der Waals surface area contributed by atoms with Gasteiger partial charge in [-0.3, -0.25) is 9.78 Å². The monoisotopic (exact) mass is 286 g/mol. The Hall–Kier alpha value is -2.56. The number of methoxy groups -OCH3 is 2. The van der Waals surface area contributed by atoms with Gasteiger partial charge in [-0.2, -0.15) is 0 Å². The van der Waals surface area contributed by atoms with E-state index >= 15 is 0 Å². The lowest BCUT2D eigenvalue weighted by molar-refractivity contribution is 0.0950. The molecule has 1 heterocycles. The lowest BCUT2D eigenvalue weighted by Crippen LogP contribution is -2.23. The second kappa shape index (κ2) is 6.74. The van der Waals surface area contributed by atoms with E-state index in [0.29, 0.717) is 12.1 Å². The fraction of sp³-hybridized carbons (Fsp3) is 0.250. The van der Waals surface area contributed by atoms with E-state index in [-0.39, 0.29) is 5.91 Å². The van der Waals surface area contributed by atoms with Crippen molar-refractivity contribution in [3.63, 3.8) is 0 Å². The molecule has 1 N–H and O–H groups in total. The van der Waals surface area contributed by atoms with Gasteiger partial charge in [0, 0.05) is 35.6 Å². The molecule has 1 aromatic carbocycles. The molecule has 0 unspecified atom stereocenters. The molecule has 5 heteroatoms. The number of nitrogens with zero attached hydrogens (tertiary/aromatic N) is 1. The van der Waals surface area contributed by atoms with Crippen molar-refractivity contribution in [2.24, 2.45) is 0 Å². The highest BCUT2D eigenvalue weighted by Crippen LogP contribution is 2.31. The van der Waals surface area contributed by atoms with E-state index in [9.17, 15) is 4.79 Å². The van der Waals surface area contributed by atoms with E-state index in [2.05, 4.69) is 10.3 Å². The molecule has 21 heavy (non-hydrogen) atoms. The molecule has 2 rings (SSSR count). The Kier molecular flexibility index (Phi) is 4.77. The van der Waals surface area contributed by atoms with Crippen molar-refractivity contribution in [1.82, 2.24) is 10.3 Å². The SMILES string of the molecule is COc1ccc(CNC(=O)c2ccncc2)c(OC)c1C. The Morgan fingerprint density at radius 1 is 1.14 bits per heavy atom. The maximum absolute atomic E-state index is 12.0. The number of carbonyl (C=O) groups excluding carboxylic acids is 1. The maximum atomic E-state index is 12.0. The average molecular weight is 286 g/mol. The Labute approximate surface area is 123 Å². The number of pyridine rings is 1. The minimum absolute atomic E-state index is 0.145. The van der Waals surface area contributed by atoms with E-state index < -0.39 is 0 Å². The number of rotatable bonds is 5. The summed E-state index contributed by atoms with van der Waals surface area (Å²) in [5.41, 5.74) is 2.39. The Morgan fingerprint density at radius 3 is 2.48 bits per heavy atom. The van der Waals surface area contributed by atoms with Gasteiger partial charge >= 0.3 is 0 Å².